The maximum atomic E-state index is 5.32. The van der Waals surface area contributed by atoms with Crippen LogP contribution in [-0.2, 0) is 0 Å². The highest BCUT2D eigenvalue weighted by atomic mass is 14.6. The first-order valence-electron chi connectivity index (χ1n) is 2.23. The van der Waals surface area contributed by atoms with E-state index in [0.717, 1.165) is 0 Å². The van der Waals surface area contributed by atoms with Gasteiger partial charge in [0.15, 0.2) is 0 Å². The van der Waals surface area contributed by atoms with Crippen molar-refractivity contribution >= 4 is 0 Å². The lowest BCUT2D eigenvalue weighted by molar-refractivity contribution is 0.568. The van der Waals surface area contributed by atoms with Gasteiger partial charge in [0.05, 0.1) is 0 Å². The van der Waals surface area contributed by atoms with Crippen molar-refractivity contribution in [2.45, 2.75) is 19.9 Å². The van der Waals surface area contributed by atoms with Crippen molar-refractivity contribution in [3.05, 3.63) is 6.92 Å². The first-order chi connectivity index (χ1) is 2.64. The van der Waals surface area contributed by atoms with Gasteiger partial charge in [-0.3, -0.25) is 0 Å². The quantitative estimate of drug-likeness (QED) is 0.502. The first-order valence-corrected chi connectivity index (χ1v) is 2.23. The minimum Gasteiger partial charge on any atom is -0.327 e. The van der Waals surface area contributed by atoms with Gasteiger partial charge in [0.1, 0.15) is 0 Å². The molecule has 0 aliphatic rings. The van der Waals surface area contributed by atoms with Gasteiger partial charge < -0.3 is 5.73 Å². The van der Waals surface area contributed by atoms with Crippen LogP contribution in [0.5, 0.6) is 0 Å². The molecule has 0 fully saturated rings. The Labute approximate surface area is 39.5 Å². The summed E-state index contributed by atoms with van der Waals surface area (Å²) in [4.78, 5) is 0. The molecule has 1 heteroatoms. The Balaban J connectivity index is 2.99. The predicted octanol–water partition coefficient (Wildman–Crippen LogP) is 0.804. The van der Waals surface area contributed by atoms with E-state index in [2.05, 4.69) is 20.8 Å². The maximum absolute atomic E-state index is 5.32. The van der Waals surface area contributed by atoms with E-state index in [1.807, 2.05) is 0 Å². The summed E-state index contributed by atoms with van der Waals surface area (Å²) in [6.07, 6.45) is 0. The molecule has 2 N–H and O–H groups in total. The average Bonchev–Trinajstić information content (AvgIpc) is 1.36. The summed E-state index contributed by atoms with van der Waals surface area (Å²) in [7, 11) is 0. The fourth-order valence-corrected chi connectivity index (χ4v) is 0. The fourth-order valence-electron chi connectivity index (χ4n) is 0. The zero-order chi connectivity index (χ0) is 5.15. The molecular weight excluding hydrogens is 74.1 g/mol. The van der Waals surface area contributed by atoms with Gasteiger partial charge >= 0.3 is 0 Å². The van der Waals surface area contributed by atoms with Crippen molar-refractivity contribution in [3.63, 3.8) is 0 Å². The predicted molar refractivity (Wildman–Crippen MR) is 28.2 cm³/mol. The van der Waals surface area contributed by atoms with Gasteiger partial charge in [0.25, 0.3) is 0 Å². The monoisotopic (exact) mass is 86.1 g/mol. The van der Waals surface area contributed by atoms with Crippen molar-refractivity contribution in [2.24, 2.45) is 11.7 Å². The number of hydrogen-bond donors (Lipinski definition) is 1. The van der Waals surface area contributed by atoms with Crippen LogP contribution in [0.1, 0.15) is 13.8 Å². The summed E-state index contributed by atoms with van der Waals surface area (Å²) in [6.45, 7) is 7.72. The van der Waals surface area contributed by atoms with Crippen molar-refractivity contribution in [1.29, 1.82) is 0 Å². The molecule has 0 spiro atoms. The van der Waals surface area contributed by atoms with Gasteiger partial charge in [-0.05, 0) is 12.8 Å². The molecule has 0 amide bonds. The third-order valence-corrected chi connectivity index (χ3v) is 0.856. The van der Waals surface area contributed by atoms with E-state index < -0.39 is 0 Å². The van der Waals surface area contributed by atoms with Crippen LogP contribution in [0.25, 0.3) is 0 Å². The van der Waals surface area contributed by atoms with Crippen molar-refractivity contribution < 1.29 is 0 Å². The molecule has 1 atom stereocenters. The molecule has 6 heavy (non-hydrogen) atoms. The number of hydrogen-bond acceptors (Lipinski definition) is 1. The molecule has 1 nitrogen and oxygen atoms in total. The third kappa shape index (κ3) is 2.21. The smallest absolute Gasteiger partial charge is 0.00624 e. The Morgan fingerprint density at radius 1 is 1.50 bits per heavy atom. The highest BCUT2D eigenvalue weighted by Gasteiger charge is 1.96. The molecule has 0 heterocycles. The zero-order valence-electron chi connectivity index (χ0n) is 4.44. The standard InChI is InChI=1S/C5H12N/c1-4(2)5(3)6/h4-5H,3,6H2,1-2H3. The van der Waals surface area contributed by atoms with Crippen LogP contribution >= 0.6 is 0 Å². The second-order valence-electron chi connectivity index (χ2n) is 1.91. The topological polar surface area (TPSA) is 26.0 Å². The minimum absolute atomic E-state index is 0.102. The molecule has 0 aliphatic carbocycles. The molecule has 37 valence electrons. The Kier molecular flexibility index (Phi) is 2.18. The summed E-state index contributed by atoms with van der Waals surface area (Å²) in [5.41, 5.74) is 5.32. The summed E-state index contributed by atoms with van der Waals surface area (Å²) >= 11 is 0. The van der Waals surface area contributed by atoms with Gasteiger partial charge in [-0.2, -0.15) is 0 Å². The molecule has 0 aromatic carbocycles. The molecular formula is C5H12N. The first kappa shape index (κ1) is 5.96. The molecule has 0 saturated heterocycles. The van der Waals surface area contributed by atoms with Crippen molar-refractivity contribution in [1.82, 2.24) is 0 Å². The third-order valence-electron chi connectivity index (χ3n) is 0.856. The molecule has 0 aromatic rings. The summed E-state index contributed by atoms with van der Waals surface area (Å²) in [5, 5.41) is 0. The average molecular weight is 86.2 g/mol. The Bertz CT molecular complexity index is 24.9. The van der Waals surface area contributed by atoms with Crippen molar-refractivity contribution in [2.75, 3.05) is 0 Å². The largest absolute Gasteiger partial charge is 0.327 e. The zero-order valence-corrected chi connectivity index (χ0v) is 4.44. The van der Waals surface area contributed by atoms with Crippen LogP contribution in [0.2, 0.25) is 0 Å². The Hall–Kier alpha value is -0.0400. The van der Waals surface area contributed by atoms with Crippen LogP contribution in [0, 0.1) is 12.8 Å². The minimum atomic E-state index is 0.102. The number of rotatable bonds is 1. The molecule has 0 saturated carbocycles. The van der Waals surface area contributed by atoms with Crippen LogP contribution in [0.15, 0.2) is 0 Å². The summed E-state index contributed by atoms with van der Waals surface area (Å²) < 4.78 is 0. The van der Waals surface area contributed by atoms with Gasteiger partial charge in [-0.25, -0.2) is 0 Å². The molecule has 1 radical (unpaired) electrons. The van der Waals surface area contributed by atoms with E-state index in [0.29, 0.717) is 5.92 Å². The van der Waals surface area contributed by atoms with Crippen LogP contribution < -0.4 is 5.73 Å². The molecule has 0 bridgehead atoms. The van der Waals surface area contributed by atoms with Gasteiger partial charge in [0.2, 0.25) is 0 Å². The van der Waals surface area contributed by atoms with Crippen LogP contribution in [-0.4, -0.2) is 6.04 Å². The lowest BCUT2D eigenvalue weighted by atomic mass is 10.1. The highest BCUT2D eigenvalue weighted by molar-refractivity contribution is 4.65. The molecule has 0 aromatic heterocycles. The van der Waals surface area contributed by atoms with Crippen LogP contribution in [0.3, 0.4) is 0 Å². The van der Waals surface area contributed by atoms with E-state index in [1.165, 1.54) is 0 Å². The van der Waals surface area contributed by atoms with Gasteiger partial charge in [0, 0.05) is 6.04 Å². The van der Waals surface area contributed by atoms with E-state index >= 15 is 0 Å². The maximum Gasteiger partial charge on any atom is 0.00624 e. The van der Waals surface area contributed by atoms with E-state index in [4.69, 9.17) is 5.73 Å². The van der Waals surface area contributed by atoms with Gasteiger partial charge in [-0.1, -0.05) is 13.8 Å². The van der Waals surface area contributed by atoms with E-state index in [-0.39, 0.29) is 6.04 Å². The van der Waals surface area contributed by atoms with E-state index in [9.17, 15) is 0 Å². The second kappa shape index (κ2) is 2.19. The normalized spacial score (nSPS) is 15.5. The SMILES string of the molecule is [CH2]C(N)C(C)C. The van der Waals surface area contributed by atoms with E-state index in [1.54, 1.807) is 0 Å². The Morgan fingerprint density at radius 3 is 1.67 bits per heavy atom. The molecule has 1 unspecified atom stereocenters. The lowest BCUT2D eigenvalue weighted by Gasteiger charge is -2.05. The Morgan fingerprint density at radius 2 is 1.67 bits per heavy atom. The van der Waals surface area contributed by atoms with Crippen LogP contribution in [0.4, 0.5) is 0 Å². The highest BCUT2D eigenvalue weighted by Crippen LogP contribution is 1.93. The molecule has 0 rings (SSSR count). The molecule has 0 aliphatic heterocycles. The summed E-state index contributed by atoms with van der Waals surface area (Å²) in [6, 6.07) is 0.102. The van der Waals surface area contributed by atoms with Crippen molar-refractivity contribution in [3.8, 4) is 0 Å². The lowest BCUT2D eigenvalue weighted by Crippen LogP contribution is -2.21. The summed E-state index contributed by atoms with van der Waals surface area (Å²) in [5.74, 6) is 0.519. The fraction of sp³-hybridized carbons (Fsp3) is 0.800. The van der Waals surface area contributed by atoms with Gasteiger partial charge in [-0.15, -0.1) is 0 Å². The number of nitrogens with two attached hydrogens (primary N) is 1. The second-order valence-corrected chi connectivity index (χ2v) is 1.91.